The van der Waals surface area contributed by atoms with Crippen LogP contribution in [-0.4, -0.2) is 29.7 Å². The van der Waals surface area contributed by atoms with Gasteiger partial charge in [-0.1, -0.05) is 42.6 Å². The fourth-order valence-corrected chi connectivity index (χ4v) is 2.06. The molecule has 2 nitrogen and oxygen atoms in total. The molecule has 0 aliphatic carbocycles. The van der Waals surface area contributed by atoms with Crippen molar-refractivity contribution in [3.05, 3.63) is 0 Å². The van der Waals surface area contributed by atoms with E-state index < -0.39 is 0 Å². The second-order valence-corrected chi connectivity index (χ2v) is 4.87. The van der Waals surface area contributed by atoms with Gasteiger partial charge >= 0.3 is 0 Å². The van der Waals surface area contributed by atoms with Crippen molar-refractivity contribution in [2.24, 2.45) is 5.92 Å². The lowest BCUT2D eigenvalue weighted by Crippen LogP contribution is -2.33. The Bertz CT molecular complexity index is 167. The highest BCUT2D eigenvalue weighted by molar-refractivity contribution is 9.09. The van der Waals surface area contributed by atoms with Crippen LogP contribution in [0.4, 0.5) is 0 Å². The molecule has 90 valence electrons. The van der Waals surface area contributed by atoms with Crippen LogP contribution in [0.25, 0.3) is 0 Å². The minimum atomic E-state index is 0.250. The van der Waals surface area contributed by atoms with Crippen LogP contribution in [-0.2, 0) is 4.79 Å². The third-order valence-electron chi connectivity index (χ3n) is 2.63. The molecule has 0 rings (SSSR count). The van der Waals surface area contributed by atoms with Gasteiger partial charge < -0.3 is 4.90 Å². The zero-order chi connectivity index (χ0) is 11.7. The summed E-state index contributed by atoms with van der Waals surface area (Å²) in [4.78, 5) is 13.9. The summed E-state index contributed by atoms with van der Waals surface area (Å²) in [5.74, 6) is 0.583. The van der Waals surface area contributed by atoms with Crippen LogP contribution in [0, 0.1) is 5.92 Å². The predicted molar refractivity (Wildman–Crippen MR) is 69.4 cm³/mol. The summed E-state index contributed by atoms with van der Waals surface area (Å²) >= 11 is 3.39. The lowest BCUT2D eigenvalue weighted by atomic mass is 9.97. The molecule has 0 heterocycles. The molecule has 0 aliphatic rings. The van der Waals surface area contributed by atoms with Crippen LogP contribution in [0.15, 0.2) is 0 Å². The average Bonchev–Trinajstić information content (AvgIpc) is 2.24. The monoisotopic (exact) mass is 277 g/mol. The average molecular weight is 278 g/mol. The number of hydrogen-bond acceptors (Lipinski definition) is 1. The minimum absolute atomic E-state index is 0.250. The highest BCUT2D eigenvalue weighted by Gasteiger charge is 2.19. The van der Waals surface area contributed by atoms with E-state index in [1.54, 1.807) is 0 Å². The summed E-state index contributed by atoms with van der Waals surface area (Å²) < 4.78 is 0. The van der Waals surface area contributed by atoms with Crippen molar-refractivity contribution in [1.82, 2.24) is 4.90 Å². The van der Waals surface area contributed by atoms with Crippen LogP contribution in [0.2, 0.25) is 0 Å². The van der Waals surface area contributed by atoms with Crippen molar-refractivity contribution < 1.29 is 4.79 Å². The number of carbonyl (C=O) groups is 1. The Morgan fingerprint density at radius 1 is 1.27 bits per heavy atom. The van der Waals surface area contributed by atoms with Gasteiger partial charge in [0.25, 0.3) is 0 Å². The molecule has 0 radical (unpaired) electrons. The van der Waals surface area contributed by atoms with Crippen molar-refractivity contribution in [2.75, 3.05) is 18.9 Å². The van der Waals surface area contributed by atoms with E-state index in [9.17, 15) is 4.79 Å². The highest BCUT2D eigenvalue weighted by atomic mass is 79.9. The molecule has 0 fully saturated rings. The normalized spacial score (nSPS) is 10.7. The quantitative estimate of drug-likeness (QED) is 0.623. The van der Waals surface area contributed by atoms with Gasteiger partial charge in [-0.3, -0.25) is 4.79 Å². The first kappa shape index (κ1) is 14.9. The topological polar surface area (TPSA) is 20.3 Å². The van der Waals surface area contributed by atoms with Crippen molar-refractivity contribution in [3.8, 4) is 0 Å². The summed E-state index contributed by atoms with van der Waals surface area (Å²) in [6, 6.07) is 0. The van der Waals surface area contributed by atoms with Crippen LogP contribution in [0.1, 0.15) is 46.0 Å². The molecule has 15 heavy (non-hydrogen) atoms. The number of alkyl halides is 1. The summed E-state index contributed by atoms with van der Waals surface area (Å²) in [5.41, 5.74) is 0. The Balaban J connectivity index is 4.08. The third kappa shape index (κ3) is 6.18. The molecule has 0 saturated heterocycles. The van der Waals surface area contributed by atoms with Crippen LogP contribution < -0.4 is 0 Å². The Labute approximate surface area is 103 Å². The first-order chi connectivity index (χ1) is 7.17. The predicted octanol–water partition coefficient (Wildman–Crippen LogP) is 3.45. The molecule has 0 spiro atoms. The molecular weight excluding hydrogens is 254 g/mol. The summed E-state index contributed by atoms with van der Waals surface area (Å²) in [6.45, 7) is 5.16. The molecule has 0 aromatic rings. The first-order valence-corrected chi connectivity index (χ1v) is 7.10. The maximum Gasteiger partial charge on any atom is 0.225 e. The third-order valence-corrected chi connectivity index (χ3v) is 3.19. The zero-order valence-corrected chi connectivity index (χ0v) is 11.8. The maximum absolute atomic E-state index is 12.0. The molecule has 0 atom stereocenters. The van der Waals surface area contributed by atoms with E-state index in [4.69, 9.17) is 0 Å². The van der Waals surface area contributed by atoms with E-state index in [-0.39, 0.29) is 5.92 Å². The first-order valence-electron chi connectivity index (χ1n) is 5.98. The summed E-state index contributed by atoms with van der Waals surface area (Å²) in [5, 5.41) is 0.969. The minimum Gasteiger partial charge on any atom is -0.345 e. The van der Waals surface area contributed by atoms with Gasteiger partial charge in [-0.05, 0) is 19.3 Å². The van der Waals surface area contributed by atoms with Gasteiger partial charge in [-0.15, -0.1) is 0 Å². The van der Waals surface area contributed by atoms with Crippen molar-refractivity contribution in [2.45, 2.75) is 46.0 Å². The van der Waals surface area contributed by atoms with Gasteiger partial charge in [-0.2, -0.15) is 0 Å². The lowest BCUT2D eigenvalue weighted by Gasteiger charge is -2.23. The summed E-state index contributed by atoms with van der Waals surface area (Å²) in [6.07, 6.45) is 5.30. The van der Waals surface area contributed by atoms with Gasteiger partial charge in [-0.25, -0.2) is 0 Å². The van der Waals surface area contributed by atoms with Gasteiger partial charge in [0, 0.05) is 24.8 Å². The van der Waals surface area contributed by atoms with Gasteiger partial charge in [0.15, 0.2) is 0 Å². The standard InChI is InChI=1S/C12H24BrNO/c1-4-7-11(8-5-2)12(15)14(3)10-6-9-13/h11H,4-10H2,1-3H3. The Hall–Kier alpha value is -0.0500. The van der Waals surface area contributed by atoms with Crippen molar-refractivity contribution in [3.63, 3.8) is 0 Å². The number of rotatable bonds is 8. The highest BCUT2D eigenvalue weighted by Crippen LogP contribution is 2.16. The van der Waals surface area contributed by atoms with E-state index >= 15 is 0 Å². The Morgan fingerprint density at radius 3 is 2.20 bits per heavy atom. The van der Waals surface area contributed by atoms with Gasteiger partial charge in [0.05, 0.1) is 0 Å². The van der Waals surface area contributed by atoms with E-state index in [1.165, 1.54) is 0 Å². The molecule has 0 aliphatic heterocycles. The second kappa shape index (κ2) is 9.20. The largest absolute Gasteiger partial charge is 0.345 e. The molecule has 0 unspecified atom stereocenters. The van der Waals surface area contributed by atoms with Crippen LogP contribution in [0.5, 0.6) is 0 Å². The fourth-order valence-electron chi connectivity index (χ4n) is 1.81. The smallest absolute Gasteiger partial charge is 0.225 e. The van der Waals surface area contributed by atoms with Crippen molar-refractivity contribution in [1.29, 1.82) is 0 Å². The molecule has 0 aromatic carbocycles. The lowest BCUT2D eigenvalue weighted by molar-refractivity contribution is -0.134. The number of amides is 1. The van der Waals surface area contributed by atoms with E-state index in [2.05, 4.69) is 29.8 Å². The molecule has 0 saturated carbocycles. The molecular formula is C12H24BrNO. The van der Waals surface area contributed by atoms with E-state index in [1.807, 2.05) is 11.9 Å². The Morgan fingerprint density at radius 2 is 1.80 bits per heavy atom. The van der Waals surface area contributed by atoms with Crippen LogP contribution in [0.3, 0.4) is 0 Å². The van der Waals surface area contributed by atoms with E-state index in [0.29, 0.717) is 5.91 Å². The molecule has 0 N–H and O–H groups in total. The molecule has 1 amide bonds. The second-order valence-electron chi connectivity index (χ2n) is 4.08. The number of carbonyl (C=O) groups excluding carboxylic acids is 1. The van der Waals surface area contributed by atoms with Gasteiger partial charge in [0.2, 0.25) is 5.91 Å². The fraction of sp³-hybridized carbons (Fsp3) is 0.917. The zero-order valence-electron chi connectivity index (χ0n) is 10.3. The number of hydrogen-bond donors (Lipinski definition) is 0. The SMILES string of the molecule is CCCC(CCC)C(=O)N(C)CCCBr. The number of halogens is 1. The number of nitrogens with zero attached hydrogens (tertiary/aromatic N) is 1. The maximum atomic E-state index is 12.0. The molecule has 0 aromatic heterocycles. The van der Waals surface area contributed by atoms with E-state index in [0.717, 1.165) is 44.0 Å². The molecule has 3 heteroatoms. The summed E-state index contributed by atoms with van der Waals surface area (Å²) in [7, 11) is 1.92. The Kier molecular flexibility index (Phi) is 9.17. The molecule has 0 bridgehead atoms. The van der Waals surface area contributed by atoms with Crippen molar-refractivity contribution >= 4 is 21.8 Å². The van der Waals surface area contributed by atoms with Crippen LogP contribution >= 0.6 is 15.9 Å². The van der Waals surface area contributed by atoms with Gasteiger partial charge in [0.1, 0.15) is 0 Å².